The molecule has 0 saturated carbocycles. The predicted molar refractivity (Wildman–Crippen MR) is 65.6 cm³/mol. The number of nitrogens with one attached hydrogen (secondary N) is 2. The zero-order valence-electron chi connectivity index (χ0n) is 9.81. The van der Waals surface area contributed by atoms with Crippen molar-refractivity contribution in [1.82, 2.24) is 15.2 Å². The molecule has 92 valence electrons. The Balaban J connectivity index is 2.63. The summed E-state index contributed by atoms with van der Waals surface area (Å²) in [4.78, 5) is 17.2. The molecular formula is C11H17N5O. The highest BCUT2D eigenvalue weighted by Crippen LogP contribution is 2.03. The number of carbonyl (C=O) groups is 1. The molecule has 6 heteroatoms. The van der Waals surface area contributed by atoms with E-state index in [2.05, 4.69) is 10.3 Å². The van der Waals surface area contributed by atoms with Crippen LogP contribution in [0, 0.1) is 5.41 Å². The third-order valence-corrected chi connectivity index (χ3v) is 2.25. The molecule has 1 aromatic rings. The van der Waals surface area contributed by atoms with E-state index < -0.39 is 0 Å². The van der Waals surface area contributed by atoms with Gasteiger partial charge < -0.3 is 16.0 Å². The molecule has 1 heterocycles. The van der Waals surface area contributed by atoms with Crippen molar-refractivity contribution >= 4 is 11.9 Å². The minimum Gasteiger partial charge on any atom is -0.388 e. The van der Waals surface area contributed by atoms with Crippen LogP contribution in [0.2, 0.25) is 0 Å². The van der Waals surface area contributed by atoms with E-state index in [-0.39, 0.29) is 11.9 Å². The maximum absolute atomic E-state index is 11.6. The van der Waals surface area contributed by atoms with Crippen molar-refractivity contribution in [3.05, 3.63) is 30.1 Å². The molecule has 0 aliphatic rings. The second-order valence-corrected chi connectivity index (χ2v) is 3.61. The molecule has 0 bridgehead atoms. The standard InChI is InChI=1S/C11H17N5O/c1-14-11(17)16(6-4-10(12)13)8-9-3-2-5-15-7-9/h2-3,5,7H,4,6,8H2,1H3,(H3,12,13)(H,14,17). The molecular weight excluding hydrogens is 218 g/mol. The average molecular weight is 235 g/mol. The summed E-state index contributed by atoms with van der Waals surface area (Å²) in [5, 5.41) is 9.74. The fourth-order valence-corrected chi connectivity index (χ4v) is 1.38. The van der Waals surface area contributed by atoms with Crippen LogP contribution in [0.4, 0.5) is 4.79 Å². The van der Waals surface area contributed by atoms with Gasteiger partial charge in [-0.1, -0.05) is 6.07 Å². The number of pyridine rings is 1. The summed E-state index contributed by atoms with van der Waals surface area (Å²) in [6, 6.07) is 3.54. The molecule has 4 N–H and O–H groups in total. The Hall–Kier alpha value is -2.11. The molecule has 0 radical (unpaired) electrons. The van der Waals surface area contributed by atoms with E-state index in [4.69, 9.17) is 11.1 Å². The van der Waals surface area contributed by atoms with Crippen LogP contribution in [0.15, 0.2) is 24.5 Å². The summed E-state index contributed by atoms with van der Waals surface area (Å²) in [6.07, 6.45) is 3.76. The maximum atomic E-state index is 11.6. The van der Waals surface area contributed by atoms with Gasteiger partial charge in [-0.3, -0.25) is 10.4 Å². The Morgan fingerprint density at radius 1 is 1.65 bits per heavy atom. The first-order chi connectivity index (χ1) is 8.13. The van der Waals surface area contributed by atoms with Crippen LogP contribution in [-0.2, 0) is 6.54 Å². The molecule has 0 atom stereocenters. The fraction of sp³-hybridized carbons (Fsp3) is 0.364. The summed E-state index contributed by atoms with van der Waals surface area (Å²) in [7, 11) is 1.58. The van der Waals surface area contributed by atoms with Crippen molar-refractivity contribution in [2.75, 3.05) is 13.6 Å². The number of amidine groups is 1. The van der Waals surface area contributed by atoms with Crippen LogP contribution in [0.5, 0.6) is 0 Å². The Bertz CT molecular complexity index is 379. The molecule has 0 spiro atoms. The zero-order valence-corrected chi connectivity index (χ0v) is 9.81. The summed E-state index contributed by atoms with van der Waals surface area (Å²) in [6.45, 7) is 0.880. The number of urea groups is 1. The first-order valence-corrected chi connectivity index (χ1v) is 5.32. The Labute approximate surface area is 100 Å². The van der Waals surface area contributed by atoms with Gasteiger partial charge in [0.1, 0.15) is 0 Å². The molecule has 0 unspecified atom stereocenters. The highest BCUT2D eigenvalue weighted by molar-refractivity contribution is 5.78. The fourth-order valence-electron chi connectivity index (χ4n) is 1.38. The first-order valence-electron chi connectivity index (χ1n) is 5.32. The van der Waals surface area contributed by atoms with Crippen molar-refractivity contribution < 1.29 is 4.79 Å². The Morgan fingerprint density at radius 2 is 2.41 bits per heavy atom. The van der Waals surface area contributed by atoms with Gasteiger partial charge in [0.2, 0.25) is 0 Å². The SMILES string of the molecule is CNC(=O)N(CCC(=N)N)Cc1cccnc1. The van der Waals surface area contributed by atoms with Crippen molar-refractivity contribution in [1.29, 1.82) is 5.41 Å². The van der Waals surface area contributed by atoms with Gasteiger partial charge in [0, 0.05) is 39.0 Å². The molecule has 1 rings (SSSR count). The summed E-state index contributed by atoms with van der Waals surface area (Å²) in [5.74, 6) is 0.0742. The van der Waals surface area contributed by atoms with Gasteiger partial charge in [0.25, 0.3) is 0 Å². The van der Waals surface area contributed by atoms with Crippen LogP contribution < -0.4 is 11.1 Å². The van der Waals surface area contributed by atoms with Crippen LogP contribution in [0.1, 0.15) is 12.0 Å². The number of nitrogens with zero attached hydrogens (tertiary/aromatic N) is 2. The van der Waals surface area contributed by atoms with Crippen molar-refractivity contribution in [2.45, 2.75) is 13.0 Å². The lowest BCUT2D eigenvalue weighted by molar-refractivity contribution is 0.199. The second kappa shape index (κ2) is 6.47. The van der Waals surface area contributed by atoms with Gasteiger partial charge in [-0.15, -0.1) is 0 Å². The Morgan fingerprint density at radius 3 is 2.94 bits per heavy atom. The highest BCUT2D eigenvalue weighted by atomic mass is 16.2. The number of carbonyl (C=O) groups excluding carboxylic acids is 1. The van der Waals surface area contributed by atoms with E-state index in [1.807, 2.05) is 12.1 Å². The maximum Gasteiger partial charge on any atom is 0.317 e. The zero-order chi connectivity index (χ0) is 12.7. The monoisotopic (exact) mass is 235 g/mol. The van der Waals surface area contributed by atoms with Gasteiger partial charge in [0.15, 0.2) is 0 Å². The molecule has 0 aromatic carbocycles. The number of amides is 2. The normalized spacial score (nSPS) is 9.71. The van der Waals surface area contributed by atoms with Gasteiger partial charge in [-0.25, -0.2) is 4.79 Å². The third-order valence-electron chi connectivity index (χ3n) is 2.25. The largest absolute Gasteiger partial charge is 0.388 e. The Kier molecular flexibility index (Phi) is 4.93. The van der Waals surface area contributed by atoms with Crippen molar-refractivity contribution in [3.63, 3.8) is 0 Å². The highest BCUT2D eigenvalue weighted by Gasteiger charge is 2.12. The van der Waals surface area contributed by atoms with Crippen molar-refractivity contribution in [3.8, 4) is 0 Å². The molecule has 1 aromatic heterocycles. The van der Waals surface area contributed by atoms with Crippen LogP contribution in [0.25, 0.3) is 0 Å². The number of rotatable bonds is 5. The number of nitrogens with two attached hydrogens (primary N) is 1. The van der Waals surface area contributed by atoms with E-state index >= 15 is 0 Å². The van der Waals surface area contributed by atoms with Gasteiger partial charge in [0.05, 0.1) is 5.84 Å². The van der Waals surface area contributed by atoms with E-state index in [1.54, 1.807) is 24.3 Å². The van der Waals surface area contributed by atoms with Gasteiger partial charge >= 0.3 is 6.03 Å². The summed E-state index contributed by atoms with van der Waals surface area (Å²) < 4.78 is 0. The lowest BCUT2D eigenvalue weighted by atomic mass is 10.2. The molecule has 0 aliphatic carbocycles. The quantitative estimate of drug-likeness (QED) is 0.513. The van der Waals surface area contributed by atoms with Crippen LogP contribution in [-0.4, -0.2) is 35.3 Å². The lowest BCUT2D eigenvalue weighted by Gasteiger charge is -2.21. The molecule has 2 amide bonds. The molecule has 0 fully saturated rings. The number of hydrogen-bond acceptors (Lipinski definition) is 3. The molecule has 0 aliphatic heterocycles. The van der Waals surface area contributed by atoms with Gasteiger partial charge in [-0.05, 0) is 11.6 Å². The second-order valence-electron chi connectivity index (χ2n) is 3.61. The smallest absolute Gasteiger partial charge is 0.317 e. The third kappa shape index (κ3) is 4.50. The average Bonchev–Trinajstić information content (AvgIpc) is 2.34. The summed E-state index contributed by atoms with van der Waals surface area (Å²) >= 11 is 0. The molecule has 17 heavy (non-hydrogen) atoms. The number of hydrogen-bond donors (Lipinski definition) is 3. The lowest BCUT2D eigenvalue weighted by Crippen LogP contribution is -2.39. The van der Waals surface area contributed by atoms with Gasteiger partial charge in [-0.2, -0.15) is 0 Å². The minimum absolute atomic E-state index is 0.0742. The molecule has 0 saturated heterocycles. The van der Waals surface area contributed by atoms with E-state index in [1.165, 1.54) is 0 Å². The van der Waals surface area contributed by atoms with E-state index in [0.717, 1.165) is 5.56 Å². The topological polar surface area (TPSA) is 95.1 Å². The van der Waals surface area contributed by atoms with Crippen LogP contribution in [0.3, 0.4) is 0 Å². The van der Waals surface area contributed by atoms with E-state index in [0.29, 0.717) is 19.5 Å². The predicted octanol–water partition coefficient (Wildman–Crippen LogP) is 0.549. The number of aromatic nitrogens is 1. The van der Waals surface area contributed by atoms with Crippen molar-refractivity contribution in [2.24, 2.45) is 5.73 Å². The first kappa shape index (κ1) is 13.0. The summed E-state index contributed by atoms with van der Waals surface area (Å²) in [5.41, 5.74) is 6.23. The minimum atomic E-state index is -0.185. The van der Waals surface area contributed by atoms with Crippen LogP contribution >= 0.6 is 0 Å². The van der Waals surface area contributed by atoms with E-state index in [9.17, 15) is 4.79 Å². The molecule has 6 nitrogen and oxygen atoms in total.